The third-order valence-electron chi connectivity index (χ3n) is 4.58. The molecular formula is C24H19ClO6. The molecule has 0 atom stereocenters. The van der Waals surface area contributed by atoms with Crippen molar-refractivity contribution in [2.24, 2.45) is 0 Å². The van der Waals surface area contributed by atoms with Crippen molar-refractivity contribution in [3.63, 3.8) is 0 Å². The van der Waals surface area contributed by atoms with Crippen LogP contribution in [0.1, 0.15) is 26.3 Å². The number of halogens is 1. The lowest BCUT2D eigenvalue weighted by atomic mass is 9.98. The Morgan fingerprint density at radius 1 is 0.839 bits per heavy atom. The first-order valence-electron chi connectivity index (χ1n) is 9.71. The van der Waals surface area contributed by atoms with E-state index in [1.54, 1.807) is 66.7 Å². The molecule has 0 saturated carbocycles. The van der Waals surface area contributed by atoms with Crippen LogP contribution in [-0.4, -0.2) is 38.2 Å². The molecule has 0 unspecified atom stereocenters. The predicted octanol–water partition coefficient (Wildman–Crippen LogP) is 4.58. The number of hydrogen-bond acceptors (Lipinski definition) is 6. The highest BCUT2D eigenvalue weighted by molar-refractivity contribution is 6.30. The van der Waals surface area contributed by atoms with E-state index in [0.29, 0.717) is 41.0 Å². The summed E-state index contributed by atoms with van der Waals surface area (Å²) in [7, 11) is 0. The Bertz CT molecular complexity index is 1110. The number of carbonyl (C=O) groups excluding carboxylic acids is 2. The summed E-state index contributed by atoms with van der Waals surface area (Å²) in [4.78, 5) is 25.7. The molecule has 3 aromatic carbocycles. The molecule has 0 saturated heterocycles. The number of fused-ring (bicyclic) bond motifs is 1. The zero-order chi connectivity index (χ0) is 21.6. The minimum Gasteiger partial charge on any atom is -0.490 e. The van der Waals surface area contributed by atoms with Gasteiger partial charge in [-0.2, -0.15) is 0 Å². The molecule has 0 aliphatic carbocycles. The quantitative estimate of drug-likeness (QED) is 0.305. The highest BCUT2D eigenvalue weighted by Gasteiger charge is 2.21. The standard InChI is InChI=1S/C24H19ClO6/c25-17-4-3-5-18(15-17)28-10-13-31-24(27)20-7-2-1-6-19(20)23(26)16-8-9-21-22(14-16)30-12-11-29-21/h1-9,14-15H,10-13H2. The average molecular weight is 439 g/mol. The number of carbonyl (C=O) groups is 2. The minimum atomic E-state index is -0.601. The van der Waals surface area contributed by atoms with Gasteiger partial charge in [-0.3, -0.25) is 4.79 Å². The molecule has 1 heterocycles. The number of ketones is 1. The number of ether oxygens (including phenoxy) is 4. The molecule has 0 bridgehead atoms. The largest absolute Gasteiger partial charge is 0.490 e. The van der Waals surface area contributed by atoms with Crippen molar-refractivity contribution in [3.8, 4) is 17.2 Å². The maximum absolute atomic E-state index is 13.1. The van der Waals surface area contributed by atoms with Crippen LogP contribution in [0.15, 0.2) is 66.7 Å². The second-order valence-corrected chi connectivity index (χ2v) is 7.11. The third-order valence-corrected chi connectivity index (χ3v) is 4.81. The van der Waals surface area contributed by atoms with Crippen LogP contribution in [0.5, 0.6) is 17.2 Å². The molecule has 3 aromatic rings. The van der Waals surface area contributed by atoms with E-state index in [-0.39, 0.29) is 30.1 Å². The van der Waals surface area contributed by atoms with Gasteiger partial charge in [0.15, 0.2) is 17.3 Å². The summed E-state index contributed by atoms with van der Waals surface area (Å²) in [5, 5.41) is 0.557. The van der Waals surface area contributed by atoms with Crippen molar-refractivity contribution < 1.29 is 28.5 Å². The third kappa shape index (κ3) is 4.98. The van der Waals surface area contributed by atoms with E-state index in [1.807, 2.05) is 0 Å². The van der Waals surface area contributed by atoms with Gasteiger partial charge in [-0.15, -0.1) is 0 Å². The molecule has 158 valence electrons. The van der Waals surface area contributed by atoms with Crippen molar-refractivity contribution in [2.45, 2.75) is 0 Å². The van der Waals surface area contributed by atoms with E-state index >= 15 is 0 Å². The molecule has 1 aliphatic heterocycles. The van der Waals surface area contributed by atoms with Crippen LogP contribution in [-0.2, 0) is 4.74 Å². The first kappa shape index (κ1) is 20.8. The molecule has 7 heteroatoms. The summed E-state index contributed by atoms with van der Waals surface area (Å²) in [5.41, 5.74) is 0.832. The Hall–Kier alpha value is -3.51. The van der Waals surface area contributed by atoms with Gasteiger partial charge in [-0.05, 0) is 42.5 Å². The van der Waals surface area contributed by atoms with E-state index in [4.69, 9.17) is 30.5 Å². The lowest BCUT2D eigenvalue weighted by molar-refractivity contribution is 0.0448. The Morgan fingerprint density at radius 2 is 1.61 bits per heavy atom. The zero-order valence-corrected chi connectivity index (χ0v) is 17.3. The van der Waals surface area contributed by atoms with Crippen LogP contribution in [0, 0.1) is 0 Å². The second kappa shape index (κ2) is 9.53. The number of hydrogen-bond donors (Lipinski definition) is 0. The Morgan fingerprint density at radius 3 is 2.42 bits per heavy atom. The molecule has 0 amide bonds. The number of benzene rings is 3. The summed E-state index contributed by atoms with van der Waals surface area (Å²) in [6.07, 6.45) is 0. The van der Waals surface area contributed by atoms with Crippen LogP contribution in [0.2, 0.25) is 5.02 Å². The lowest BCUT2D eigenvalue weighted by Crippen LogP contribution is -2.17. The van der Waals surface area contributed by atoms with Crippen LogP contribution in [0.3, 0.4) is 0 Å². The van der Waals surface area contributed by atoms with Crippen LogP contribution in [0.4, 0.5) is 0 Å². The molecule has 31 heavy (non-hydrogen) atoms. The van der Waals surface area contributed by atoms with Gasteiger partial charge in [0, 0.05) is 16.1 Å². The average Bonchev–Trinajstić information content (AvgIpc) is 2.81. The van der Waals surface area contributed by atoms with Gasteiger partial charge in [0.05, 0.1) is 5.56 Å². The fourth-order valence-electron chi connectivity index (χ4n) is 3.13. The first-order valence-corrected chi connectivity index (χ1v) is 10.1. The molecule has 1 aliphatic rings. The monoisotopic (exact) mass is 438 g/mol. The van der Waals surface area contributed by atoms with Gasteiger partial charge in [0.2, 0.25) is 0 Å². The highest BCUT2D eigenvalue weighted by Crippen LogP contribution is 2.31. The van der Waals surface area contributed by atoms with Crippen molar-refractivity contribution in [1.29, 1.82) is 0 Å². The maximum Gasteiger partial charge on any atom is 0.339 e. The Labute approximate surface area is 184 Å². The van der Waals surface area contributed by atoms with Gasteiger partial charge in [-0.1, -0.05) is 35.9 Å². The summed E-state index contributed by atoms with van der Waals surface area (Å²) >= 11 is 5.91. The van der Waals surface area contributed by atoms with Crippen LogP contribution < -0.4 is 14.2 Å². The highest BCUT2D eigenvalue weighted by atomic mass is 35.5. The molecule has 0 aromatic heterocycles. The number of rotatable bonds is 7. The van der Waals surface area contributed by atoms with Crippen molar-refractivity contribution in [3.05, 3.63) is 88.4 Å². The molecule has 0 N–H and O–H groups in total. The topological polar surface area (TPSA) is 71.1 Å². The second-order valence-electron chi connectivity index (χ2n) is 6.67. The smallest absolute Gasteiger partial charge is 0.339 e. The summed E-state index contributed by atoms with van der Waals surface area (Å²) in [5.74, 6) is 0.777. The van der Waals surface area contributed by atoms with E-state index in [1.165, 1.54) is 0 Å². The fraction of sp³-hybridized carbons (Fsp3) is 0.167. The Kier molecular flexibility index (Phi) is 6.38. The summed E-state index contributed by atoms with van der Waals surface area (Å²) in [6.45, 7) is 1.07. The van der Waals surface area contributed by atoms with E-state index in [0.717, 1.165) is 0 Å². The fourth-order valence-corrected chi connectivity index (χ4v) is 3.31. The van der Waals surface area contributed by atoms with Crippen molar-refractivity contribution in [1.82, 2.24) is 0 Å². The zero-order valence-electron chi connectivity index (χ0n) is 16.5. The predicted molar refractivity (Wildman–Crippen MR) is 115 cm³/mol. The van der Waals surface area contributed by atoms with Crippen molar-refractivity contribution >= 4 is 23.4 Å². The van der Waals surface area contributed by atoms with Gasteiger partial charge in [0.25, 0.3) is 0 Å². The summed E-state index contributed by atoms with van der Waals surface area (Å²) < 4.78 is 21.9. The first-order chi connectivity index (χ1) is 15.1. The molecule has 0 radical (unpaired) electrons. The molecule has 4 rings (SSSR count). The van der Waals surface area contributed by atoms with Gasteiger partial charge in [0.1, 0.15) is 32.2 Å². The molecule has 6 nitrogen and oxygen atoms in total. The lowest BCUT2D eigenvalue weighted by Gasteiger charge is -2.18. The Balaban J connectivity index is 1.42. The molecule has 0 fully saturated rings. The minimum absolute atomic E-state index is 0.0257. The van der Waals surface area contributed by atoms with E-state index in [9.17, 15) is 9.59 Å². The number of esters is 1. The molecular weight excluding hydrogens is 420 g/mol. The van der Waals surface area contributed by atoms with E-state index < -0.39 is 5.97 Å². The van der Waals surface area contributed by atoms with Gasteiger partial charge >= 0.3 is 5.97 Å². The van der Waals surface area contributed by atoms with Crippen LogP contribution in [0.25, 0.3) is 0 Å². The van der Waals surface area contributed by atoms with E-state index in [2.05, 4.69) is 0 Å². The summed E-state index contributed by atoms with van der Waals surface area (Å²) in [6, 6.07) is 18.4. The van der Waals surface area contributed by atoms with Crippen LogP contribution >= 0.6 is 11.6 Å². The molecule has 0 spiro atoms. The van der Waals surface area contributed by atoms with Gasteiger partial charge < -0.3 is 18.9 Å². The van der Waals surface area contributed by atoms with Crippen molar-refractivity contribution in [2.75, 3.05) is 26.4 Å². The maximum atomic E-state index is 13.1. The SMILES string of the molecule is O=C(OCCOc1cccc(Cl)c1)c1ccccc1C(=O)c1ccc2c(c1)OCCO2. The van der Waals surface area contributed by atoms with Gasteiger partial charge in [-0.25, -0.2) is 4.79 Å². The normalized spacial score (nSPS) is 12.2.